The van der Waals surface area contributed by atoms with Crippen LogP contribution in [0.3, 0.4) is 0 Å². The molecule has 6 heteroatoms. The van der Waals surface area contributed by atoms with E-state index in [0.29, 0.717) is 15.8 Å². The van der Waals surface area contributed by atoms with Crippen LogP contribution in [0, 0.1) is 11.6 Å². The van der Waals surface area contributed by atoms with Crippen LogP contribution in [0.2, 0.25) is 0 Å². The summed E-state index contributed by atoms with van der Waals surface area (Å²) in [5, 5.41) is 0. The van der Waals surface area contributed by atoms with E-state index in [1.54, 1.807) is 6.92 Å². The van der Waals surface area contributed by atoms with Crippen LogP contribution < -0.4 is 5.69 Å². The number of hydrogen-bond acceptors (Lipinski definition) is 3. The van der Waals surface area contributed by atoms with E-state index >= 15 is 0 Å². The van der Waals surface area contributed by atoms with Crippen molar-refractivity contribution in [3.8, 4) is 0 Å². The highest BCUT2D eigenvalue weighted by Gasteiger charge is 2.00. The molecule has 2 aromatic heterocycles. The second-order valence-electron chi connectivity index (χ2n) is 2.45. The molecule has 0 saturated heterocycles. The molecule has 0 radical (unpaired) electrons. The molecular weight excluding hydrogens is 176 g/mol. The lowest BCUT2D eigenvalue weighted by Gasteiger charge is -1.85. The van der Waals surface area contributed by atoms with Crippen LogP contribution in [0.15, 0.2) is 4.79 Å². The van der Waals surface area contributed by atoms with Crippen molar-refractivity contribution in [1.82, 2.24) is 19.9 Å². The molecule has 0 spiro atoms. The first-order chi connectivity index (χ1) is 5.66. The molecular formula is C6H6N4OS. The summed E-state index contributed by atoms with van der Waals surface area (Å²) in [6.07, 6.45) is 0. The molecule has 0 aromatic carbocycles. The fraction of sp³-hybridized carbons (Fsp3) is 0.167. The van der Waals surface area contributed by atoms with Crippen LogP contribution >= 0.6 is 12.2 Å². The number of H-pyrrole nitrogens is 3. The molecule has 62 valence electrons. The maximum Gasteiger partial charge on any atom is 0.325 e. The Hall–Kier alpha value is -1.43. The van der Waals surface area contributed by atoms with Gasteiger partial charge >= 0.3 is 5.69 Å². The summed E-state index contributed by atoms with van der Waals surface area (Å²) in [5.41, 5.74) is 0.836. The minimum atomic E-state index is -0.334. The quantitative estimate of drug-likeness (QED) is 0.522. The van der Waals surface area contributed by atoms with Gasteiger partial charge < -0.3 is 4.98 Å². The maximum absolute atomic E-state index is 10.9. The van der Waals surface area contributed by atoms with Crippen LogP contribution in [-0.2, 0) is 0 Å². The van der Waals surface area contributed by atoms with Crippen LogP contribution in [0.1, 0.15) is 5.82 Å². The van der Waals surface area contributed by atoms with Crippen LogP contribution in [-0.4, -0.2) is 19.9 Å². The van der Waals surface area contributed by atoms with Crippen molar-refractivity contribution in [1.29, 1.82) is 0 Å². The molecule has 2 rings (SSSR count). The minimum Gasteiger partial charge on any atom is -0.338 e. The van der Waals surface area contributed by atoms with Gasteiger partial charge in [0.1, 0.15) is 16.0 Å². The number of fused-ring (bicyclic) bond motifs is 1. The van der Waals surface area contributed by atoms with Gasteiger partial charge in [-0.25, -0.2) is 9.78 Å². The highest BCUT2D eigenvalue weighted by atomic mass is 32.1. The van der Waals surface area contributed by atoms with Crippen LogP contribution in [0.25, 0.3) is 11.2 Å². The number of rotatable bonds is 0. The highest BCUT2D eigenvalue weighted by Crippen LogP contribution is 2.05. The van der Waals surface area contributed by atoms with E-state index in [-0.39, 0.29) is 5.69 Å². The van der Waals surface area contributed by atoms with E-state index in [1.807, 2.05) is 0 Å². The molecule has 2 aromatic rings. The molecule has 0 fully saturated rings. The van der Waals surface area contributed by atoms with Crippen molar-refractivity contribution in [3.63, 3.8) is 0 Å². The molecule has 0 aliphatic heterocycles. The van der Waals surface area contributed by atoms with Gasteiger partial charge in [-0.2, -0.15) is 0 Å². The van der Waals surface area contributed by atoms with Gasteiger partial charge in [-0.1, -0.05) is 12.2 Å². The first-order valence-corrected chi connectivity index (χ1v) is 3.76. The van der Waals surface area contributed by atoms with Crippen LogP contribution in [0.5, 0.6) is 0 Å². The smallest absolute Gasteiger partial charge is 0.325 e. The Morgan fingerprint density at radius 3 is 2.83 bits per heavy atom. The minimum absolute atomic E-state index is 0.334. The molecule has 0 amide bonds. The average molecular weight is 182 g/mol. The van der Waals surface area contributed by atoms with Gasteiger partial charge in [-0.3, -0.25) is 9.97 Å². The number of hydrogen-bond donors (Lipinski definition) is 3. The highest BCUT2D eigenvalue weighted by molar-refractivity contribution is 7.71. The molecule has 12 heavy (non-hydrogen) atoms. The van der Waals surface area contributed by atoms with Gasteiger partial charge in [-0.05, 0) is 6.92 Å². The van der Waals surface area contributed by atoms with E-state index in [2.05, 4.69) is 19.9 Å². The molecule has 0 aliphatic carbocycles. The predicted molar refractivity (Wildman–Crippen MR) is 46.6 cm³/mol. The SMILES string of the molecule is Cc1nc2[nH]c(=O)[nH]c(=S)c2[nH]1. The predicted octanol–water partition coefficient (Wildman–Crippen LogP) is 0.617. The van der Waals surface area contributed by atoms with Gasteiger partial charge in [0.2, 0.25) is 0 Å². The van der Waals surface area contributed by atoms with Crippen LogP contribution in [0.4, 0.5) is 0 Å². The summed E-state index contributed by atoms with van der Waals surface area (Å²) in [5.74, 6) is 0.728. The van der Waals surface area contributed by atoms with Gasteiger partial charge in [0.25, 0.3) is 0 Å². The third-order valence-electron chi connectivity index (χ3n) is 1.51. The lowest BCUT2D eigenvalue weighted by molar-refractivity contribution is 1.09. The number of aromatic nitrogens is 4. The maximum atomic E-state index is 10.9. The van der Waals surface area contributed by atoms with Crippen molar-refractivity contribution in [2.24, 2.45) is 0 Å². The Labute approximate surface area is 71.9 Å². The summed E-state index contributed by atoms with van der Waals surface area (Å²) < 4.78 is 0.384. The van der Waals surface area contributed by atoms with Gasteiger partial charge in [-0.15, -0.1) is 0 Å². The Bertz CT molecular complexity index is 534. The van der Waals surface area contributed by atoms with E-state index < -0.39 is 0 Å². The average Bonchev–Trinajstić information content (AvgIpc) is 2.29. The molecule has 0 aliphatic rings. The normalized spacial score (nSPS) is 10.8. The molecule has 0 bridgehead atoms. The van der Waals surface area contributed by atoms with Gasteiger partial charge in [0.05, 0.1) is 0 Å². The first-order valence-electron chi connectivity index (χ1n) is 3.36. The van der Waals surface area contributed by atoms with E-state index in [0.717, 1.165) is 5.82 Å². The summed E-state index contributed by atoms with van der Waals surface area (Å²) in [7, 11) is 0. The standard InChI is InChI=1S/C6H6N4OS/c1-2-7-3-4(8-2)9-6(11)10-5(3)12/h1H3,(H3,7,8,9,10,11,12). The summed E-state index contributed by atoms with van der Waals surface area (Å²) >= 11 is 4.91. The third-order valence-corrected chi connectivity index (χ3v) is 1.81. The molecule has 5 nitrogen and oxygen atoms in total. The molecule has 2 heterocycles. The fourth-order valence-electron chi connectivity index (χ4n) is 1.05. The first kappa shape index (κ1) is 7.23. The lowest BCUT2D eigenvalue weighted by Crippen LogP contribution is -2.09. The number of nitrogens with one attached hydrogen (secondary N) is 3. The van der Waals surface area contributed by atoms with Crippen molar-refractivity contribution in [3.05, 3.63) is 20.9 Å². The number of imidazole rings is 1. The number of aromatic amines is 3. The Morgan fingerprint density at radius 2 is 2.08 bits per heavy atom. The van der Waals surface area contributed by atoms with E-state index in [1.165, 1.54) is 0 Å². The van der Waals surface area contributed by atoms with Crippen molar-refractivity contribution < 1.29 is 0 Å². The van der Waals surface area contributed by atoms with Crippen molar-refractivity contribution in [2.75, 3.05) is 0 Å². The summed E-state index contributed by atoms with van der Waals surface area (Å²) in [6, 6.07) is 0. The fourth-order valence-corrected chi connectivity index (χ4v) is 1.29. The summed E-state index contributed by atoms with van der Waals surface area (Å²) in [6.45, 7) is 1.80. The number of aryl methyl sites for hydroxylation is 1. The monoisotopic (exact) mass is 182 g/mol. The largest absolute Gasteiger partial charge is 0.338 e. The van der Waals surface area contributed by atoms with Gasteiger partial charge in [0.15, 0.2) is 5.65 Å². The van der Waals surface area contributed by atoms with Gasteiger partial charge in [0, 0.05) is 0 Å². The Kier molecular flexibility index (Phi) is 1.37. The zero-order valence-electron chi connectivity index (χ0n) is 6.26. The lowest BCUT2D eigenvalue weighted by atomic mass is 10.6. The zero-order chi connectivity index (χ0) is 8.72. The van der Waals surface area contributed by atoms with Crippen molar-refractivity contribution >= 4 is 23.4 Å². The Balaban J connectivity index is 3.08. The van der Waals surface area contributed by atoms with Crippen molar-refractivity contribution in [2.45, 2.75) is 6.92 Å². The third kappa shape index (κ3) is 0.964. The molecule has 0 atom stereocenters. The number of nitrogens with zero attached hydrogens (tertiary/aromatic N) is 1. The molecule has 0 saturated carbocycles. The summed E-state index contributed by atoms with van der Waals surface area (Å²) in [4.78, 5) is 22.8. The zero-order valence-corrected chi connectivity index (χ0v) is 7.08. The Morgan fingerprint density at radius 1 is 1.33 bits per heavy atom. The topological polar surface area (TPSA) is 77.3 Å². The molecule has 3 N–H and O–H groups in total. The second kappa shape index (κ2) is 2.28. The van der Waals surface area contributed by atoms with E-state index in [9.17, 15) is 4.79 Å². The van der Waals surface area contributed by atoms with E-state index in [4.69, 9.17) is 12.2 Å². The molecule has 0 unspecified atom stereocenters. The second-order valence-corrected chi connectivity index (χ2v) is 2.86.